The van der Waals surface area contributed by atoms with Crippen LogP contribution in [0.3, 0.4) is 0 Å². The number of hydrogen-bond acceptors (Lipinski definition) is 6. The molecule has 0 aliphatic heterocycles. The van der Waals surface area contributed by atoms with Gasteiger partial charge >= 0.3 is 0 Å². The van der Waals surface area contributed by atoms with Gasteiger partial charge in [-0.3, -0.25) is 4.57 Å². The number of fused-ring (bicyclic) bond motifs is 1. The lowest BCUT2D eigenvalue weighted by molar-refractivity contribution is 0.0601. The van der Waals surface area contributed by atoms with E-state index in [0.717, 1.165) is 36.9 Å². The number of aliphatic hydroxyl groups is 1. The van der Waals surface area contributed by atoms with Crippen molar-refractivity contribution in [2.75, 3.05) is 19.3 Å². The summed E-state index contributed by atoms with van der Waals surface area (Å²) in [6.45, 7) is 11.3. The number of anilines is 1. The molecule has 0 atom stereocenters. The molecule has 2 heterocycles. The topological polar surface area (TPSA) is 100 Å². The maximum absolute atomic E-state index is 10.2. The summed E-state index contributed by atoms with van der Waals surface area (Å²) in [5.74, 6) is 0.293. The van der Waals surface area contributed by atoms with Crippen molar-refractivity contribution >= 4 is 16.9 Å². The molecule has 2 aromatic rings. The average Bonchev–Trinajstić information content (AvgIpc) is 2.81. The number of aromatic hydroxyl groups is 1. The minimum atomic E-state index is -0.976. The number of hydrogen-bond donors (Lipinski definition) is 3. The summed E-state index contributed by atoms with van der Waals surface area (Å²) >= 11 is 0. The van der Waals surface area contributed by atoms with Gasteiger partial charge in [0.15, 0.2) is 5.82 Å². The fourth-order valence-electron chi connectivity index (χ4n) is 2.93. The van der Waals surface area contributed by atoms with Crippen LogP contribution in [0.5, 0.6) is 6.01 Å². The third kappa shape index (κ3) is 4.86. The number of unbranched alkanes of at least 4 members (excludes halogenated alkanes) is 1. The van der Waals surface area contributed by atoms with Crippen molar-refractivity contribution in [3.63, 3.8) is 0 Å². The van der Waals surface area contributed by atoms with E-state index in [1.54, 1.807) is 24.6 Å². The second-order valence-electron chi connectivity index (χ2n) is 8.73. The van der Waals surface area contributed by atoms with E-state index < -0.39 is 5.60 Å². The van der Waals surface area contributed by atoms with Crippen LogP contribution in [-0.4, -0.2) is 54.4 Å². The highest BCUT2D eigenvalue weighted by Crippen LogP contribution is 2.29. The molecule has 2 rings (SSSR count). The van der Waals surface area contributed by atoms with Crippen molar-refractivity contribution in [1.82, 2.24) is 19.4 Å². The molecule has 7 heteroatoms. The molecule has 146 valence electrons. The largest absolute Gasteiger partial charge is 0.480 e. The van der Waals surface area contributed by atoms with E-state index in [1.807, 2.05) is 0 Å². The van der Waals surface area contributed by atoms with Crippen molar-refractivity contribution in [2.24, 2.45) is 0 Å². The van der Waals surface area contributed by atoms with Crippen molar-refractivity contribution in [3.8, 4) is 6.01 Å². The van der Waals surface area contributed by atoms with Crippen LogP contribution in [0, 0.1) is 0 Å². The van der Waals surface area contributed by atoms with Crippen molar-refractivity contribution in [1.29, 1.82) is 0 Å². The molecule has 0 aliphatic carbocycles. The molecule has 0 bridgehead atoms. The van der Waals surface area contributed by atoms with Crippen molar-refractivity contribution in [2.45, 2.75) is 71.6 Å². The molecular formula is C19H33N5O2. The standard InChI is InChI=1S/C19H33N5O2/c1-18(2,3)23(6)10-8-7-9-13-11-21-16(20)14-15(13)24(17(25)22-14)12-19(4,5)26/h11,26H,7-10,12H2,1-6H3,(H2,20,21)(H,22,25). The summed E-state index contributed by atoms with van der Waals surface area (Å²) in [7, 11) is 2.14. The summed E-state index contributed by atoms with van der Waals surface area (Å²) in [4.78, 5) is 10.7. The first-order chi connectivity index (χ1) is 11.9. The predicted molar refractivity (Wildman–Crippen MR) is 105 cm³/mol. The summed E-state index contributed by atoms with van der Waals surface area (Å²) in [6.07, 6.45) is 4.63. The van der Waals surface area contributed by atoms with E-state index in [4.69, 9.17) is 5.73 Å². The fraction of sp³-hybridized carbons (Fsp3) is 0.684. The van der Waals surface area contributed by atoms with Gasteiger partial charge in [0.25, 0.3) is 6.01 Å². The van der Waals surface area contributed by atoms with Crippen LogP contribution in [0.25, 0.3) is 11.0 Å². The molecule has 0 amide bonds. The SMILES string of the molecule is CN(CCCCc1cnc(N)c2nc(O)n(CC(C)(C)O)c12)C(C)(C)C. The number of rotatable bonds is 7. The van der Waals surface area contributed by atoms with E-state index in [2.05, 4.69) is 42.7 Å². The van der Waals surface area contributed by atoms with Crippen molar-refractivity contribution < 1.29 is 10.2 Å². The van der Waals surface area contributed by atoms with E-state index in [9.17, 15) is 10.2 Å². The van der Waals surface area contributed by atoms with E-state index >= 15 is 0 Å². The molecule has 0 spiro atoms. The summed E-state index contributed by atoms with van der Waals surface area (Å²) in [5.41, 5.74) is 7.38. The van der Waals surface area contributed by atoms with E-state index in [-0.39, 0.29) is 18.1 Å². The normalized spacial score (nSPS) is 13.1. The fourth-order valence-corrected chi connectivity index (χ4v) is 2.93. The predicted octanol–water partition coefficient (Wildman–Crippen LogP) is 2.54. The van der Waals surface area contributed by atoms with Gasteiger partial charge in [-0.15, -0.1) is 0 Å². The third-order valence-electron chi connectivity index (χ3n) is 4.73. The molecular weight excluding hydrogens is 330 g/mol. The lowest BCUT2D eigenvalue weighted by Gasteiger charge is -2.31. The van der Waals surface area contributed by atoms with Gasteiger partial charge < -0.3 is 20.8 Å². The number of imidazole rings is 1. The molecule has 0 saturated carbocycles. The Kier molecular flexibility index (Phi) is 5.82. The maximum atomic E-state index is 10.2. The molecule has 0 aromatic carbocycles. The van der Waals surface area contributed by atoms with Gasteiger partial charge in [-0.1, -0.05) is 0 Å². The smallest absolute Gasteiger partial charge is 0.295 e. The first-order valence-electron chi connectivity index (χ1n) is 9.16. The lowest BCUT2D eigenvalue weighted by atomic mass is 10.0. The van der Waals surface area contributed by atoms with Crippen LogP contribution in [0.2, 0.25) is 0 Å². The number of nitrogen functional groups attached to an aromatic ring is 1. The molecule has 0 radical (unpaired) electrons. The monoisotopic (exact) mass is 363 g/mol. The van der Waals surface area contributed by atoms with Gasteiger partial charge in [-0.05, 0) is 73.0 Å². The second-order valence-corrected chi connectivity index (χ2v) is 8.73. The van der Waals surface area contributed by atoms with Crippen LogP contribution < -0.4 is 5.73 Å². The number of nitrogens with zero attached hydrogens (tertiary/aromatic N) is 4. The first kappa shape index (κ1) is 20.5. The van der Waals surface area contributed by atoms with Gasteiger partial charge in [-0.2, -0.15) is 4.98 Å². The Hall–Kier alpha value is -1.86. The first-order valence-corrected chi connectivity index (χ1v) is 9.16. The highest BCUT2D eigenvalue weighted by Gasteiger charge is 2.22. The van der Waals surface area contributed by atoms with Gasteiger partial charge in [-0.25, -0.2) is 4.98 Å². The molecule has 0 aliphatic rings. The molecule has 0 saturated heterocycles. The molecule has 2 aromatic heterocycles. The Labute approximate surface area is 155 Å². The average molecular weight is 364 g/mol. The Morgan fingerprint density at radius 3 is 2.42 bits per heavy atom. The zero-order valence-electron chi connectivity index (χ0n) is 16.9. The highest BCUT2D eigenvalue weighted by atomic mass is 16.3. The van der Waals surface area contributed by atoms with E-state index in [1.165, 1.54) is 0 Å². The zero-order chi connectivity index (χ0) is 19.7. The minimum absolute atomic E-state index is 0.143. The lowest BCUT2D eigenvalue weighted by Crippen LogP contribution is -2.38. The van der Waals surface area contributed by atoms with Crippen LogP contribution in [0.4, 0.5) is 5.82 Å². The Balaban J connectivity index is 2.21. The zero-order valence-corrected chi connectivity index (χ0v) is 16.9. The molecule has 4 N–H and O–H groups in total. The van der Waals surface area contributed by atoms with Gasteiger partial charge in [0.2, 0.25) is 0 Å². The second kappa shape index (κ2) is 7.40. The van der Waals surface area contributed by atoms with Crippen LogP contribution in [0.1, 0.15) is 53.0 Å². The molecule has 0 unspecified atom stereocenters. The van der Waals surface area contributed by atoms with Crippen molar-refractivity contribution in [3.05, 3.63) is 11.8 Å². The maximum Gasteiger partial charge on any atom is 0.295 e. The number of aromatic nitrogens is 3. The highest BCUT2D eigenvalue weighted by molar-refractivity contribution is 5.88. The summed E-state index contributed by atoms with van der Waals surface area (Å²) in [5, 5.41) is 20.4. The Bertz CT molecular complexity index is 756. The molecule has 26 heavy (non-hydrogen) atoms. The summed E-state index contributed by atoms with van der Waals surface area (Å²) < 4.78 is 1.63. The van der Waals surface area contributed by atoms with Gasteiger partial charge in [0.05, 0.1) is 17.7 Å². The quantitative estimate of drug-likeness (QED) is 0.654. The van der Waals surface area contributed by atoms with Crippen LogP contribution >= 0.6 is 0 Å². The van der Waals surface area contributed by atoms with Crippen LogP contribution in [0.15, 0.2) is 6.20 Å². The van der Waals surface area contributed by atoms with Gasteiger partial charge in [0, 0.05) is 11.7 Å². The molecule has 0 fully saturated rings. The van der Waals surface area contributed by atoms with Crippen LogP contribution in [-0.2, 0) is 13.0 Å². The number of aryl methyl sites for hydroxylation is 1. The molecule has 7 nitrogen and oxygen atoms in total. The number of nitrogens with two attached hydrogens (primary N) is 1. The van der Waals surface area contributed by atoms with E-state index in [0.29, 0.717) is 11.3 Å². The third-order valence-corrected chi connectivity index (χ3v) is 4.73. The Morgan fingerprint density at radius 2 is 1.85 bits per heavy atom. The minimum Gasteiger partial charge on any atom is -0.480 e. The summed E-state index contributed by atoms with van der Waals surface area (Å²) in [6, 6.07) is -0.143. The Morgan fingerprint density at radius 1 is 1.19 bits per heavy atom. The van der Waals surface area contributed by atoms with Gasteiger partial charge in [0.1, 0.15) is 5.52 Å². The number of pyridine rings is 1.